The summed E-state index contributed by atoms with van der Waals surface area (Å²) in [6.45, 7) is 3.82. The third-order valence-electron chi connectivity index (χ3n) is 4.27. The number of fused-ring (bicyclic) bond motifs is 1. The summed E-state index contributed by atoms with van der Waals surface area (Å²) < 4.78 is 18.4. The van der Waals surface area contributed by atoms with Crippen molar-refractivity contribution in [3.8, 4) is 0 Å². The largest absolute Gasteiger partial charge is 0.464 e. The van der Waals surface area contributed by atoms with Crippen LogP contribution in [0.3, 0.4) is 0 Å². The molecule has 0 saturated carbocycles. The number of nitrogens with one attached hydrogen (secondary N) is 2. The first-order valence-corrected chi connectivity index (χ1v) is 8.22. The van der Waals surface area contributed by atoms with Crippen molar-refractivity contribution in [1.29, 1.82) is 0 Å². The van der Waals surface area contributed by atoms with E-state index in [0.29, 0.717) is 5.69 Å². The molecular formula is C20H19FN2O3. The fraction of sp³-hybridized carbons (Fsp3) is 0.200. The van der Waals surface area contributed by atoms with Crippen molar-refractivity contribution < 1.29 is 18.4 Å². The number of rotatable bonds is 5. The number of hydrogen-bond acceptors (Lipinski definition) is 3. The predicted octanol–water partition coefficient (Wildman–Crippen LogP) is 3.49. The van der Waals surface area contributed by atoms with Crippen LogP contribution in [0.25, 0.3) is 11.0 Å². The first kappa shape index (κ1) is 17.7. The monoisotopic (exact) mass is 354 g/mol. The van der Waals surface area contributed by atoms with Crippen molar-refractivity contribution in [1.82, 2.24) is 5.32 Å². The number of hydrogen-bond donors (Lipinski definition) is 2. The minimum Gasteiger partial charge on any atom is -0.464 e. The van der Waals surface area contributed by atoms with Crippen LogP contribution in [0.4, 0.5) is 10.1 Å². The fourth-order valence-electron chi connectivity index (χ4n) is 2.68. The molecule has 0 aliphatic carbocycles. The summed E-state index contributed by atoms with van der Waals surface area (Å²) in [4.78, 5) is 24.0. The number of halogens is 1. The van der Waals surface area contributed by atoms with Gasteiger partial charge in [-0.25, -0.2) is 4.39 Å². The van der Waals surface area contributed by atoms with Gasteiger partial charge in [-0.1, -0.05) is 12.1 Å². The van der Waals surface area contributed by atoms with E-state index >= 15 is 0 Å². The Kier molecular flexibility index (Phi) is 5.02. The van der Waals surface area contributed by atoms with Crippen molar-refractivity contribution in [3.05, 3.63) is 65.2 Å². The standard InChI is InChI=1S/C20H19FN2O3/c1-12-3-8-17-14(11-26-20(17)13(12)2)9-18(24)22-10-19(25)23-16-6-4-15(21)5-7-16/h3-8,11H,9-10H2,1-2H3,(H,22,24)(H,23,25). The summed E-state index contributed by atoms with van der Waals surface area (Å²) in [5, 5.41) is 6.07. The lowest BCUT2D eigenvalue weighted by Gasteiger charge is -2.07. The van der Waals surface area contributed by atoms with Gasteiger partial charge in [-0.15, -0.1) is 0 Å². The Morgan fingerprint density at radius 2 is 1.77 bits per heavy atom. The van der Waals surface area contributed by atoms with Crippen LogP contribution in [-0.4, -0.2) is 18.4 Å². The third-order valence-corrected chi connectivity index (χ3v) is 4.27. The highest BCUT2D eigenvalue weighted by Gasteiger charge is 2.13. The Bertz CT molecular complexity index is 961. The zero-order valence-corrected chi connectivity index (χ0v) is 14.6. The molecule has 0 spiro atoms. The highest BCUT2D eigenvalue weighted by atomic mass is 19.1. The van der Waals surface area contributed by atoms with E-state index in [4.69, 9.17) is 4.42 Å². The van der Waals surface area contributed by atoms with Gasteiger partial charge >= 0.3 is 0 Å². The molecule has 0 radical (unpaired) electrons. The molecule has 0 aliphatic rings. The number of anilines is 1. The van der Waals surface area contributed by atoms with Crippen molar-refractivity contribution >= 4 is 28.5 Å². The molecule has 3 rings (SSSR count). The van der Waals surface area contributed by atoms with Gasteiger partial charge in [0, 0.05) is 16.6 Å². The Hall–Kier alpha value is -3.15. The van der Waals surface area contributed by atoms with Gasteiger partial charge in [-0.05, 0) is 49.2 Å². The van der Waals surface area contributed by atoms with E-state index in [9.17, 15) is 14.0 Å². The molecule has 0 fully saturated rings. The molecule has 0 bridgehead atoms. The number of carbonyl (C=O) groups excluding carboxylic acids is 2. The van der Waals surface area contributed by atoms with E-state index in [1.54, 1.807) is 6.26 Å². The summed E-state index contributed by atoms with van der Waals surface area (Å²) >= 11 is 0. The van der Waals surface area contributed by atoms with Crippen LogP contribution >= 0.6 is 0 Å². The molecule has 0 atom stereocenters. The topological polar surface area (TPSA) is 71.3 Å². The van der Waals surface area contributed by atoms with Crippen molar-refractivity contribution in [2.75, 3.05) is 11.9 Å². The predicted molar refractivity (Wildman–Crippen MR) is 97.4 cm³/mol. The molecule has 3 aromatic rings. The molecule has 6 heteroatoms. The van der Waals surface area contributed by atoms with Gasteiger partial charge in [0.15, 0.2) is 0 Å². The van der Waals surface area contributed by atoms with Crippen LogP contribution in [0.2, 0.25) is 0 Å². The Labute approximate surface area is 150 Å². The molecule has 1 heterocycles. The molecule has 0 unspecified atom stereocenters. The molecule has 26 heavy (non-hydrogen) atoms. The van der Waals surface area contributed by atoms with E-state index in [1.807, 2.05) is 26.0 Å². The molecular weight excluding hydrogens is 335 g/mol. The van der Waals surface area contributed by atoms with E-state index in [2.05, 4.69) is 10.6 Å². The van der Waals surface area contributed by atoms with Crippen molar-refractivity contribution in [2.24, 2.45) is 0 Å². The smallest absolute Gasteiger partial charge is 0.243 e. The van der Waals surface area contributed by atoms with Gasteiger partial charge in [0.25, 0.3) is 0 Å². The average Bonchev–Trinajstić information content (AvgIpc) is 3.02. The minimum atomic E-state index is -0.381. The molecule has 0 saturated heterocycles. The minimum absolute atomic E-state index is 0.124. The van der Waals surface area contributed by atoms with Gasteiger partial charge in [0.2, 0.25) is 11.8 Å². The van der Waals surface area contributed by atoms with Crippen LogP contribution in [-0.2, 0) is 16.0 Å². The summed E-state index contributed by atoms with van der Waals surface area (Å²) in [7, 11) is 0. The van der Waals surface area contributed by atoms with E-state index < -0.39 is 0 Å². The lowest BCUT2D eigenvalue weighted by Crippen LogP contribution is -2.33. The maximum Gasteiger partial charge on any atom is 0.243 e. The Balaban J connectivity index is 1.57. The maximum absolute atomic E-state index is 12.8. The number of benzene rings is 2. The van der Waals surface area contributed by atoms with Crippen LogP contribution in [0.15, 0.2) is 47.1 Å². The fourth-order valence-corrected chi connectivity index (χ4v) is 2.68. The van der Waals surface area contributed by atoms with Crippen LogP contribution in [0.5, 0.6) is 0 Å². The van der Waals surface area contributed by atoms with E-state index in [0.717, 1.165) is 27.7 Å². The van der Waals surface area contributed by atoms with Crippen molar-refractivity contribution in [2.45, 2.75) is 20.3 Å². The van der Waals surface area contributed by atoms with Gasteiger partial charge in [-0.3, -0.25) is 9.59 Å². The van der Waals surface area contributed by atoms with Crippen LogP contribution < -0.4 is 10.6 Å². The van der Waals surface area contributed by atoms with Crippen molar-refractivity contribution in [3.63, 3.8) is 0 Å². The van der Waals surface area contributed by atoms with Gasteiger partial charge in [0.05, 0.1) is 19.2 Å². The number of carbonyl (C=O) groups is 2. The number of aryl methyl sites for hydroxylation is 2. The molecule has 1 aromatic heterocycles. The molecule has 2 amide bonds. The third kappa shape index (κ3) is 3.91. The van der Waals surface area contributed by atoms with Crippen LogP contribution in [0.1, 0.15) is 16.7 Å². The molecule has 2 aromatic carbocycles. The summed E-state index contributed by atoms with van der Waals surface area (Å²) in [5.74, 6) is -1.04. The summed E-state index contributed by atoms with van der Waals surface area (Å²) in [5.41, 5.74) is 4.20. The summed E-state index contributed by atoms with van der Waals surface area (Å²) in [6, 6.07) is 9.34. The Morgan fingerprint density at radius 3 is 2.50 bits per heavy atom. The van der Waals surface area contributed by atoms with Gasteiger partial charge in [0.1, 0.15) is 11.4 Å². The molecule has 0 aliphatic heterocycles. The van der Waals surface area contributed by atoms with Crippen LogP contribution in [0, 0.1) is 19.7 Å². The second-order valence-electron chi connectivity index (χ2n) is 6.15. The zero-order valence-electron chi connectivity index (χ0n) is 14.6. The number of amides is 2. The quantitative estimate of drug-likeness (QED) is 0.737. The molecule has 5 nitrogen and oxygen atoms in total. The lowest BCUT2D eigenvalue weighted by molar-refractivity contribution is -0.123. The van der Waals surface area contributed by atoms with E-state index in [-0.39, 0.29) is 30.6 Å². The highest BCUT2D eigenvalue weighted by Crippen LogP contribution is 2.26. The van der Waals surface area contributed by atoms with Gasteiger partial charge < -0.3 is 15.1 Å². The molecule has 134 valence electrons. The first-order chi connectivity index (χ1) is 12.4. The number of furan rings is 1. The van der Waals surface area contributed by atoms with E-state index in [1.165, 1.54) is 24.3 Å². The average molecular weight is 354 g/mol. The van der Waals surface area contributed by atoms with Gasteiger partial charge in [-0.2, -0.15) is 0 Å². The first-order valence-electron chi connectivity index (χ1n) is 8.22. The highest BCUT2D eigenvalue weighted by molar-refractivity contribution is 5.95. The Morgan fingerprint density at radius 1 is 1.04 bits per heavy atom. The second kappa shape index (κ2) is 7.39. The molecule has 2 N–H and O–H groups in total. The SMILES string of the molecule is Cc1ccc2c(CC(=O)NCC(=O)Nc3ccc(F)cc3)coc2c1C. The maximum atomic E-state index is 12.8. The summed E-state index contributed by atoms with van der Waals surface area (Å²) in [6.07, 6.45) is 1.70. The normalized spacial score (nSPS) is 10.7. The lowest BCUT2D eigenvalue weighted by atomic mass is 10.0. The zero-order chi connectivity index (χ0) is 18.7. The second-order valence-corrected chi connectivity index (χ2v) is 6.15.